The van der Waals surface area contributed by atoms with Crippen LogP contribution in [0.1, 0.15) is 19.4 Å². The second-order valence-electron chi connectivity index (χ2n) is 4.07. The molecule has 0 bridgehead atoms. The molecule has 0 saturated carbocycles. The quantitative estimate of drug-likeness (QED) is 0.787. The first-order chi connectivity index (χ1) is 8.86. The lowest BCUT2D eigenvalue weighted by Crippen LogP contribution is -2.17. The fraction of sp³-hybridized carbons (Fsp3) is 0.250. The van der Waals surface area contributed by atoms with Gasteiger partial charge in [-0.2, -0.15) is 0 Å². The molecule has 2 aromatic rings. The Hall–Kier alpha value is -1.96. The van der Waals surface area contributed by atoms with E-state index in [9.17, 15) is 0 Å². The van der Waals surface area contributed by atoms with Gasteiger partial charge in [0.05, 0.1) is 18.0 Å². The maximum atomic E-state index is 3.40. The van der Waals surface area contributed by atoms with Crippen LogP contribution in [0, 0.1) is 6.92 Å². The van der Waals surface area contributed by atoms with Crippen molar-refractivity contribution >= 4 is 17.1 Å². The van der Waals surface area contributed by atoms with E-state index in [0.717, 1.165) is 6.67 Å². The first-order valence-corrected chi connectivity index (χ1v) is 6.52. The van der Waals surface area contributed by atoms with Gasteiger partial charge in [0, 0.05) is 5.69 Å². The van der Waals surface area contributed by atoms with Gasteiger partial charge in [-0.25, -0.2) is 0 Å². The Morgan fingerprint density at radius 2 is 1.50 bits per heavy atom. The molecule has 2 aromatic carbocycles. The van der Waals surface area contributed by atoms with Gasteiger partial charge in [0.1, 0.15) is 0 Å². The standard InChI is InChI=1S/C14H14N2.C2H6/c1-11-6-2-4-8-13(11)16-10-15-12-7-3-5-9-14(12)16;1-2/h2-9,15H,10H2,1H3;1-2H3. The molecule has 0 fully saturated rings. The van der Waals surface area contributed by atoms with E-state index in [1.807, 2.05) is 13.8 Å². The highest BCUT2D eigenvalue weighted by molar-refractivity contribution is 5.81. The molecule has 0 unspecified atom stereocenters. The van der Waals surface area contributed by atoms with Crippen LogP contribution in [0.15, 0.2) is 48.5 Å². The number of aryl methyl sites for hydroxylation is 1. The van der Waals surface area contributed by atoms with Crippen molar-refractivity contribution in [3.8, 4) is 0 Å². The average molecular weight is 240 g/mol. The number of nitrogens with one attached hydrogen (secondary N) is 1. The molecule has 0 aliphatic carbocycles. The second kappa shape index (κ2) is 5.58. The maximum Gasteiger partial charge on any atom is 0.0927 e. The number of nitrogens with zero attached hydrogens (tertiary/aromatic N) is 1. The lowest BCUT2D eigenvalue weighted by molar-refractivity contribution is 1.08. The first-order valence-electron chi connectivity index (χ1n) is 6.52. The fourth-order valence-electron chi connectivity index (χ4n) is 2.19. The third-order valence-electron chi connectivity index (χ3n) is 3.03. The monoisotopic (exact) mass is 240 g/mol. The molecule has 1 aliphatic heterocycles. The average Bonchev–Trinajstić information content (AvgIpc) is 2.85. The maximum absolute atomic E-state index is 3.40. The van der Waals surface area contributed by atoms with Gasteiger partial charge in [-0.05, 0) is 30.7 Å². The zero-order valence-electron chi connectivity index (χ0n) is 11.3. The van der Waals surface area contributed by atoms with Gasteiger partial charge in [-0.15, -0.1) is 0 Å². The SMILES string of the molecule is CC.Cc1ccccc1N1CNc2ccccc21. The number of fused-ring (bicyclic) bond motifs is 1. The van der Waals surface area contributed by atoms with Crippen LogP contribution in [0.2, 0.25) is 0 Å². The molecule has 0 atom stereocenters. The van der Waals surface area contributed by atoms with E-state index >= 15 is 0 Å². The Bertz CT molecular complexity index is 520. The van der Waals surface area contributed by atoms with E-state index in [1.54, 1.807) is 0 Å². The van der Waals surface area contributed by atoms with Gasteiger partial charge < -0.3 is 10.2 Å². The summed E-state index contributed by atoms with van der Waals surface area (Å²) < 4.78 is 0. The molecule has 2 nitrogen and oxygen atoms in total. The van der Waals surface area contributed by atoms with Crippen LogP contribution < -0.4 is 10.2 Å². The minimum Gasteiger partial charge on any atom is -0.366 e. The largest absolute Gasteiger partial charge is 0.366 e. The highest BCUT2D eigenvalue weighted by Gasteiger charge is 2.19. The van der Waals surface area contributed by atoms with Crippen molar-refractivity contribution in [2.45, 2.75) is 20.8 Å². The van der Waals surface area contributed by atoms with Gasteiger partial charge in [0.2, 0.25) is 0 Å². The van der Waals surface area contributed by atoms with Crippen LogP contribution in [0.5, 0.6) is 0 Å². The van der Waals surface area contributed by atoms with Crippen molar-refractivity contribution < 1.29 is 0 Å². The third kappa shape index (κ3) is 2.19. The molecule has 0 saturated heterocycles. The Balaban J connectivity index is 0.000000574. The highest BCUT2D eigenvalue weighted by Crippen LogP contribution is 2.37. The van der Waals surface area contributed by atoms with Crippen LogP contribution in [-0.4, -0.2) is 6.67 Å². The fourth-order valence-corrected chi connectivity index (χ4v) is 2.19. The van der Waals surface area contributed by atoms with Crippen molar-refractivity contribution in [2.75, 3.05) is 16.9 Å². The molecule has 0 spiro atoms. The summed E-state index contributed by atoms with van der Waals surface area (Å²) in [6.07, 6.45) is 0. The molecule has 3 rings (SSSR count). The lowest BCUT2D eigenvalue weighted by atomic mass is 10.1. The number of benzene rings is 2. The topological polar surface area (TPSA) is 15.3 Å². The van der Waals surface area contributed by atoms with E-state index in [-0.39, 0.29) is 0 Å². The summed E-state index contributed by atoms with van der Waals surface area (Å²) in [5.74, 6) is 0. The Morgan fingerprint density at radius 3 is 2.22 bits per heavy atom. The first kappa shape index (κ1) is 12.5. The van der Waals surface area contributed by atoms with Crippen LogP contribution in [0.4, 0.5) is 17.1 Å². The molecule has 94 valence electrons. The van der Waals surface area contributed by atoms with Crippen molar-refractivity contribution in [2.24, 2.45) is 0 Å². The van der Waals surface area contributed by atoms with Gasteiger partial charge in [0.15, 0.2) is 0 Å². The molecular weight excluding hydrogens is 220 g/mol. The Kier molecular flexibility index (Phi) is 3.88. The van der Waals surface area contributed by atoms with Crippen LogP contribution in [-0.2, 0) is 0 Å². The zero-order valence-corrected chi connectivity index (χ0v) is 11.3. The van der Waals surface area contributed by atoms with Crippen molar-refractivity contribution in [1.29, 1.82) is 0 Å². The Labute approximate surface area is 109 Å². The Morgan fingerprint density at radius 1 is 0.889 bits per heavy atom. The van der Waals surface area contributed by atoms with Crippen molar-refractivity contribution in [3.63, 3.8) is 0 Å². The van der Waals surface area contributed by atoms with Crippen molar-refractivity contribution in [3.05, 3.63) is 54.1 Å². The van der Waals surface area contributed by atoms with Crippen LogP contribution in [0.3, 0.4) is 0 Å². The predicted octanol–water partition coefficient (Wildman–Crippen LogP) is 4.54. The number of anilines is 3. The molecule has 1 N–H and O–H groups in total. The zero-order chi connectivity index (χ0) is 13.0. The normalized spacial score (nSPS) is 12.3. The van der Waals surface area contributed by atoms with Crippen LogP contribution in [0.25, 0.3) is 0 Å². The number of para-hydroxylation sites is 3. The number of rotatable bonds is 1. The van der Waals surface area contributed by atoms with Gasteiger partial charge in [0.25, 0.3) is 0 Å². The van der Waals surface area contributed by atoms with E-state index in [0.29, 0.717) is 0 Å². The van der Waals surface area contributed by atoms with E-state index < -0.39 is 0 Å². The molecule has 1 heterocycles. The van der Waals surface area contributed by atoms with E-state index in [1.165, 1.54) is 22.6 Å². The molecule has 0 amide bonds. The lowest BCUT2D eigenvalue weighted by Gasteiger charge is -2.20. The van der Waals surface area contributed by atoms with Gasteiger partial charge in [-0.1, -0.05) is 44.2 Å². The summed E-state index contributed by atoms with van der Waals surface area (Å²) in [6.45, 7) is 7.00. The minimum atomic E-state index is 0.851. The molecule has 0 aromatic heterocycles. The molecule has 18 heavy (non-hydrogen) atoms. The summed E-state index contributed by atoms with van der Waals surface area (Å²) in [4.78, 5) is 2.31. The summed E-state index contributed by atoms with van der Waals surface area (Å²) >= 11 is 0. The smallest absolute Gasteiger partial charge is 0.0927 e. The summed E-state index contributed by atoms with van der Waals surface area (Å²) in [7, 11) is 0. The molecule has 2 heteroatoms. The van der Waals surface area contributed by atoms with E-state index in [2.05, 4.69) is 65.7 Å². The second-order valence-corrected chi connectivity index (χ2v) is 4.07. The predicted molar refractivity (Wildman–Crippen MR) is 79.6 cm³/mol. The molecule has 0 radical (unpaired) electrons. The molecular formula is C16H20N2. The van der Waals surface area contributed by atoms with Gasteiger partial charge >= 0.3 is 0 Å². The number of hydrogen-bond acceptors (Lipinski definition) is 2. The third-order valence-corrected chi connectivity index (χ3v) is 3.03. The molecule has 1 aliphatic rings. The van der Waals surface area contributed by atoms with E-state index in [4.69, 9.17) is 0 Å². The van der Waals surface area contributed by atoms with Crippen molar-refractivity contribution in [1.82, 2.24) is 0 Å². The number of hydrogen-bond donors (Lipinski definition) is 1. The van der Waals surface area contributed by atoms with Crippen LogP contribution >= 0.6 is 0 Å². The van der Waals surface area contributed by atoms with Gasteiger partial charge in [-0.3, -0.25) is 0 Å². The summed E-state index contributed by atoms with van der Waals surface area (Å²) in [6, 6.07) is 16.9. The minimum absolute atomic E-state index is 0.851. The highest BCUT2D eigenvalue weighted by atomic mass is 15.3. The summed E-state index contributed by atoms with van der Waals surface area (Å²) in [5.41, 5.74) is 5.06. The summed E-state index contributed by atoms with van der Waals surface area (Å²) in [5, 5.41) is 3.40.